The number of aromatic carboxylic acids is 1. The molecule has 4 heterocycles. The molecule has 41 heavy (non-hydrogen) atoms. The zero-order valence-electron chi connectivity index (χ0n) is 22.3. The lowest BCUT2D eigenvalue weighted by molar-refractivity contribution is -0.0594. The van der Waals surface area contributed by atoms with Crippen LogP contribution in [0.3, 0.4) is 0 Å². The van der Waals surface area contributed by atoms with E-state index in [2.05, 4.69) is 14.4 Å². The van der Waals surface area contributed by atoms with Gasteiger partial charge in [-0.2, -0.15) is 0 Å². The standard InChI is InChI=1S/C31H29FN4O5/c1-33-22-8-5-20(25(32)14-22)17-41-30-4-2-3-26(35-30)21-6-9-23(40-18-21)15-29-34-27-10-7-19(31(37)38)13-28(27)36(29)16-24-11-12-39-24/h2-5,7-8,10,13-14,21,23-24H,6,9,11-12,15-18H2,(H,37,38)/t21-,23-,24-/m0/s1. The highest BCUT2D eigenvalue weighted by Crippen LogP contribution is 2.31. The van der Waals surface area contributed by atoms with Gasteiger partial charge in [-0.3, -0.25) is 0 Å². The van der Waals surface area contributed by atoms with Crippen molar-refractivity contribution in [2.24, 2.45) is 0 Å². The third kappa shape index (κ3) is 5.92. The fourth-order valence-corrected chi connectivity index (χ4v) is 5.31. The van der Waals surface area contributed by atoms with Gasteiger partial charge in [-0.1, -0.05) is 18.2 Å². The Morgan fingerprint density at radius 2 is 1.98 bits per heavy atom. The molecular weight excluding hydrogens is 527 g/mol. The summed E-state index contributed by atoms with van der Waals surface area (Å²) in [7, 11) is 0. The summed E-state index contributed by atoms with van der Waals surface area (Å²) >= 11 is 0. The van der Waals surface area contributed by atoms with Gasteiger partial charge in [0.25, 0.3) is 0 Å². The summed E-state index contributed by atoms with van der Waals surface area (Å²) in [6, 6.07) is 14.9. The van der Waals surface area contributed by atoms with Gasteiger partial charge in [0.05, 0.1) is 48.5 Å². The molecule has 2 saturated heterocycles. The van der Waals surface area contributed by atoms with E-state index >= 15 is 0 Å². The number of fused-ring (bicyclic) bond motifs is 1. The topological polar surface area (TPSA) is 100 Å². The average Bonchev–Trinajstić information content (AvgIpc) is 3.30. The zero-order valence-corrected chi connectivity index (χ0v) is 22.3. The number of hydrogen-bond acceptors (Lipinski definition) is 6. The second-order valence-corrected chi connectivity index (χ2v) is 10.4. The lowest BCUT2D eigenvalue weighted by Crippen LogP contribution is -2.33. The smallest absolute Gasteiger partial charge is 0.335 e. The SMILES string of the molecule is [C-]#[N+]c1ccc(COc2cccc([C@H]3CC[C@@H](Cc4nc5ccc(C(=O)O)cc5n4C[C@@H]4CCO4)OC3)n2)c(F)c1. The molecule has 0 saturated carbocycles. The highest BCUT2D eigenvalue weighted by Gasteiger charge is 2.28. The molecule has 6 rings (SSSR count). The van der Waals surface area contributed by atoms with E-state index in [1.807, 2.05) is 12.1 Å². The Morgan fingerprint density at radius 3 is 2.68 bits per heavy atom. The quantitative estimate of drug-likeness (QED) is 0.264. The molecule has 2 aliphatic rings. The van der Waals surface area contributed by atoms with Gasteiger partial charge in [0.15, 0.2) is 5.69 Å². The molecule has 3 atom stereocenters. The first kappa shape index (κ1) is 26.9. The molecule has 1 N–H and O–H groups in total. The molecular formula is C31H29FN4O5. The van der Waals surface area contributed by atoms with E-state index in [4.69, 9.17) is 25.8 Å². The summed E-state index contributed by atoms with van der Waals surface area (Å²) in [6.45, 7) is 8.90. The van der Waals surface area contributed by atoms with Gasteiger partial charge in [0.1, 0.15) is 18.2 Å². The lowest BCUT2D eigenvalue weighted by Gasteiger charge is -2.30. The van der Waals surface area contributed by atoms with Crippen molar-refractivity contribution in [1.82, 2.24) is 14.5 Å². The molecule has 210 valence electrons. The van der Waals surface area contributed by atoms with Crippen LogP contribution in [0.25, 0.3) is 15.9 Å². The van der Waals surface area contributed by atoms with Crippen molar-refractivity contribution in [3.05, 3.63) is 94.5 Å². The van der Waals surface area contributed by atoms with Crippen molar-refractivity contribution in [2.75, 3.05) is 13.2 Å². The van der Waals surface area contributed by atoms with Gasteiger partial charge >= 0.3 is 5.97 Å². The Hall–Kier alpha value is -4.33. The molecule has 9 nitrogen and oxygen atoms in total. The number of carboxylic acid groups (broad SMARTS) is 1. The van der Waals surface area contributed by atoms with E-state index in [1.165, 1.54) is 6.07 Å². The number of carboxylic acids is 1. The predicted octanol–water partition coefficient (Wildman–Crippen LogP) is 5.69. The number of halogens is 1. The van der Waals surface area contributed by atoms with Crippen LogP contribution < -0.4 is 4.74 Å². The summed E-state index contributed by atoms with van der Waals surface area (Å²) in [6.07, 6.45) is 3.36. The summed E-state index contributed by atoms with van der Waals surface area (Å²) < 4.78 is 34.0. The average molecular weight is 557 g/mol. The van der Waals surface area contributed by atoms with E-state index in [1.54, 1.807) is 36.4 Å². The number of aromatic nitrogens is 3. The van der Waals surface area contributed by atoms with Crippen LogP contribution in [0.5, 0.6) is 5.88 Å². The van der Waals surface area contributed by atoms with Gasteiger partial charge in [-0.25, -0.2) is 24.0 Å². The molecule has 10 heteroatoms. The second kappa shape index (κ2) is 11.6. The fourth-order valence-electron chi connectivity index (χ4n) is 5.31. The number of carbonyl (C=O) groups is 1. The number of nitrogens with zero attached hydrogens (tertiary/aromatic N) is 4. The third-order valence-corrected chi connectivity index (χ3v) is 7.74. The first-order chi connectivity index (χ1) is 20.0. The Bertz CT molecular complexity index is 1620. The molecule has 0 spiro atoms. The monoisotopic (exact) mass is 556 g/mol. The van der Waals surface area contributed by atoms with Crippen molar-refractivity contribution >= 4 is 22.7 Å². The van der Waals surface area contributed by atoms with Gasteiger partial charge in [0, 0.05) is 36.3 Å². The van der Waals surface area contributed by atoms with Crippen LogP contribution in [0.15, 0.2) is 54.6 Å². The van der Waals surface area contributed by atoms with E-state index in [-0.39, 0.29) is 36.0 Å². The van der Waals surface area contributed by atoms with Crippen LogP contribution in [0.2, 0.25) is 0 Å². The lowest BCUT2D eigenvalue weighted by atomic mass is 9.93. The van der Waals surface area contributed by atoms with Gasteiger partial charge in [0.2, 0.25) is 5.88 Å². The Kier molecular flexibility index (Phi) is 7.63. The van der Waals surface area contributed by atoms with Crippen molar-refractivity contribution in [2.45, 2.75) is 57.0 Å². The highest BCUT2D eigenvalue weighted by molar-refractivity contribution is 5.92. The number of pyridine rings is 1. The normalized spacial score (nSPS) is 20.3. The highest BCUT2D eigenvalue weighted by atomic mass is 19.1. The molecule has 2 fully saturated rings. The van der Waals surface area contributed by atoms with Gasteiger partial charge < -0.3 is 23.9 Å². The maximum atomic E-state index is 14.2. The minimum Gasteiger partial charge on any atom is -0.478 e. The molecule has 0 bridgehead atoms. The van der Waals surface area contributed by atoms with Crippen LogP contribution in [-0.4, -0.2) is 51.0 Å². The van der Waals surface area contributed by atoms with Crippen molar-refractivity contribution in [3.63, 3.8) is 0 Å². The Balaban J connectivity index is 1.10. The van der Waals surface area contributed by atoms with Crippen LogP contribution >= 0.6 is 0 Å². The van der Waals surface area contributed by atoms with Gasteiger partial charge in [-0.15, -0.1) is 0 Å². The predicted molar refractivity (Wildman–Crippen MR) is 148 cm³/mol. The molecule has 0 amide bonds. The first-order valence-electron chi connectivity index (χ1n) is 13.7. The first-order valence-corrected chi connectivity index (χ1v) is 13.7. The number of rotatable bonds is 9. The van der Waals surface area contributed by atoms with E-state index in [0.29, 0.717) is 31.0 Å². The fraction of sp³-hybridized carbons (Fsp3) is 0.355. The Morgan fingerprint density at radius 1 is 1.10 bits per heavy atom. The maximum Gasteiger partial charge on any atom is 0.335 e. The largest absolute Gasteiger partial charge is 0.478 e. The third-order valence-electron chi connectivity index (χ3n) is 7.74. The molecule has 4 aromatic rings. The number of benzene rings is 2. The molecule has 0 radical (unpaired) electrons. The number of ether oxygens (including phenoxy) is 3. The van der Waals surface area contributed by atoms with E-state index in [9.17, 15) is 14.3 Å². The molecule has 0 unspecified atom stereocenters. The van der Waals surface area contributed by atoms with Crippen molar-refractivity contribution in [1.29, 1.82) is 0 Å². The molecule has 2 aromatic heterocycles. The van der Waals surface area contributed by atoms with E-state index < -0.39 is 11.8 Å². The maximum absolute atomic E-state index is 14.2. The van der Waals surface area contributed by atoms with Crippen LogP contribution in [-0.2, 0) is 29.0 Å². The van der Waals surface area contributed by atoms with Crippen LogP contribution in [0.1, 0.15) is 52.6 Å². The molecule has 2 aromatic carbocycles. The van der Waals surface area contributed by atoms with Crippen LogP contribution in [0, 0.1) is 12.4 Å². The number of imidazole rings is 1. The number of hydrogen-bond donors (Lipinski definition) is 1. The molecule has 2 aliphatic heterocycles. The van der Waals surface area contributed by atoms with Crippen molar-refractivity contribution < 1.29 is 28.5 Å². The molecule has 0 aliphatic carbocycles. The Labute approximate surface area is 236 Å². The van der Waals surface area contributed by atoms with E-state index in [0.717, 1.165) is 48.4 Å². The summed E-state index contributed by atoms with van der Waals surface area (Å²) in [5.74, 6) is -0.0619. The summed E-state index contributed by atoms with van der Waals surface area (Å²) in [5, 5.41) is 9.48. The second-order valence-electron chi connectivity index (χ2n) is 10.4. The minimum absolute atomic E-state index is 0.0185. The van der Waals surface area contributed by atoms with Gasteiger partial charge in [-0.05, 0) is 49.6 Å². The summed E-state index contributed by atoms with van der Waals surface area (Å²) in [5.41, 5.74) is 3.27. The minimum atomic E-state index is -0.965. The zero-order chi connectivity index (χ0) is 28.3. The van der Waals surface area contributed by atoms with Crippen LogP contribution in [0.4, 0.5) is 10.1 Å². The van der Waals surface area contributed by atoms with Crippen molar-refractivity contribution in [3.8, 4) is 5.88 Å². The summed E-state index contributed by atoms with van der Waals surface area (Å²) in [4.78, 5) is 24.3.